The van der Waals surface area contributed by atoms with Crippen LogP contribution in [0.4, 0.5) is 11.4 Å². The number of aliphatic imine (C=N–C) groups is 1. The van der Waals surface area contributed by atoms with Crippen molar-refractivity contribution >= 4 is 40.3 Å². The van der Waals surface area contributed by atoms with Crippen LogP contribution >= 0.6 is 11.8 Å². The lowest BCUT2D eigenvalue weighted by Crippen LogP contribution is -2.28. The molecule has 204 valence electrons. The number of amidine groups is 1. The second kappa shape index (κ2) is 11.1. The first-order valence-electron chi connectivity index (χ1n) is 13.7. The molecule has 0 aliphatic carbocycles. The number of aromatic hydroxyl groups is 1. The second-order valence-electron chi connectivity index (χ2n) is 12.2. The number of anilines is 1. The molecule has 1 heterocycles. The molecule has 0 spiro atoms. The lowest BCUT2D eigenvalue weighted by atomic mass is 9.78. The van der Waals surface area contributed by atoms with Gasteiger partial charge in [-0.3, -0.25) is 9.69 Å². The van der Waals surface area contributed by atoms with E-state index >= 15 is 0 Å². The van der Waals surface area contributed by atoms with Gasteiger partial charge in [0.25, 0.3) is 5.91 Å². The second-order valence-corrected chi connectivity index (χ2v) is 13.2. The number of nitrogens with zero attached hydrogens (tertiary/aromatic N) is 2. The molecule has 0 saturated carbocycles. The quantitative estimate of drug-likeness (QED) is 0.329. The van der Waals surface area contributed by atoms with Crippen molar-refractivity contribution < 1.29 is 9.90 Å². The van der Waals surface area contributed by atoms with Gasteiger partial charge >= 0.3 is 0 Å². The molecular weight excluding hydrogens is 500 g/mol. The summed E-state index contributed by atoms with van der Waals surface area (Å²) in [5, 5.41) is 11.8. The summed E-state index contributed by atoms with van der Waals surface area (Å²) in [5.41, 5.74) is 6.21. The lowest BCUT2D eigenvalue weighted by Gasteiger charge is -2.28. The van der Waals surface area contributed by atoms with Crippen LogP contribution in [0.15, 0.2) is 70.6 Å². The minimum absolute atomic E-state index is 0.101. The number of aryl methyl sites for hydroxylation is 2. The van der Waals surface area contributed by atoms with E-state index in [4.69, 9.17) is 4.99 Å². The highest BCUT2D eigenvalue weighted by atomic mass is 32.2. The SMILES string of the molecule is CCc1ccc(N=C2S/C(=C\c3cc(C(C)(C)C)c(O)c(C(C)(C)C)c3)C(=O)N2c2ccc(CC)cc2)cc1. The minimum Gasteiger partial charge on any atom is -0.507 e. The summed E-state index contributed by atoms with van der Waals surface area (Å²) in [6.45, 7) is 16.8. The van der Waals surface area contributed by atoms with Gasteiger partial charge < -0.3 is 5.11 Å². The van der Waals surface area contributed by atoms with Crippen molar-refractivity contribution in [2.24, 2.45) is 4.99 Å². The zero-order valence-corrected chi connectivity index (χ0v) is 25.2. The number of amides is 1. The van der Waals surface area contributed by atoms with E-state index in [9.17, 15) is 9.90 Å². The molecule has 3 aromatic carbocycles. The van der Waals surface area contributed by atoms with Crippen LogP contribution in [0.3, 0.4) is 0 Å². The molecule has 4 nitrogen and oxygen atoms in total. The maximum Gasteiger partial charge on any atom is 0.271 e. The van der Waals surface area contributed by atoms with Crippen LogP contribution in [0.2, 0.25) is 0 Å². The minimum atomic E-state index is -0.254. The van der Waals surface area contributed by atoms with Gasteiger partial charge in [-0.1, -0.05) is 79.7 Å². The first-order chi connectivity index (χ1) is 18.3. The Morgan fingerprint density at radius 3 is 1.77 bits per heavy atom. The van der Waals surface area contributed by atoms with Crippen LogP contribution in [-0.4, -0.2) is 16.2 Å². The molecule has 1 saturated heterocycles. The van der Waals surface area contributed by atoms with Crippen LogP contribution in [-0.2, 0) is 28.5 Å². The zero-order valence-electron chi connectivity index (χ0n) is 24.4. The zero-order chi connectivity index (χ0) is 28.5. The molecular formula is C34H40N2O2S. The van der Waals surface area contributed by atoms with Gasteiger partial charge in [0.2, 0.25) is 0 Å². The molecule has 5 heteroatoms. The normalized spacial score (nSPS) is 16.5. The highest BCUT2D eigenvalue weighted by molar-refractivity contribution is 8.19. The Hall–Kier alpha value is -3.31. The van der Waals surface area contributed by atoms with E-state index < -0.39 is 0 Å². The summed E-state index contributed by atoms with van der Waals surface area (Å²) in [6.07, 6.45) is 3.84. The topological polar surface area (TPSA) is 52.9 Å². The highest BCUT2D eigenvalue weighted by Crippen LogP contribution is 2.42. The number of phenolic OH excluding ortho intramolecular Hbond substituents is 1. The molecule has 1 aliphatic rings. The van der Waals surface area contributed by atoms with E-state index in [2.05, 4.69) is 79.7 Å². The standard InChI is InChI=1S/C34H40N2O2S/c1-9-22-11-15-25(16-12-22)35-32-36(26-17-13-23(10-2)14-18-26)31(38)29(39-32)21-24-19-27(33(3,4)5)30(37)28(20-24)34(6,7)8/h11-21,37H,9-10H2,1-8H3/b29-21-,35-32?. The molecule has 1 aliphatic heterocycles. The number of hydrogen-bond acceptors (Lipinski definition) is 4. The molecule has 0 bridgehead atoms. The van der Waals surface area contributed by atoms with Crippen molar-refractivity contribution in [1.82, 2.24) is 0 Å². The Bertz CT molecular complexity index is 1380. The van der Waals surface area contributed by atoms with E-state index in [1.54, 1.807) is 4.90 Å². The molecule has 0 radical (unpaired) electrons. The van der Waals surface area contributed by atoms with Gasteiger partial charge in [-0.05, 0) is 94.6 Å². The highest BCUT2D eigenvalue weighted by Gasteiger charge is 2.35. The van der Waals surface area contributed by atoms with Crippen molar-refractivity contribution in [3.05, 3.63) is 93.4 Å². The van der Waals surface area contributed by atoms with E-state index in [0.717, 1.165) is 40.9 Å². The van der Waals surface area contributed by atoms with Crippen molar-refractivity contribution in [3.8, 4) is 5.75 Å². The molecule has 4 rings (SSSR count). The number of phenols is 1. The van der Waals surface area contributed by atoms with Gasteiger partial charge in [0.05, 0.1) is 16.3 Å². The largest absolute Gasteiger partial charge is 0.507 e. The first kappa shape index (κ1) is 28.7. The summed E-state index contributed by atoms with van der Waals surface area (Å²) in [7, 11) is 0. The van der Waals surface area contributed by atoms with Crippen LogP contribution in [0.25, 0.3) is 6.08 Å². The van der Waals surface area contributed by atoms with Crippen molar-refractivity contribution in [2.75, 3.05) is 4.90 Å². The number of carbonyl (C=O) groups is 1. The maximum absolute atomic E-state index is 13.9. The van der Waals surface area contributed by atoms with Crippen molar-refractivity contribution in [2.45, 2.75) is 79.1 Å². The molecule has 0 unspecified atom stereocenters. The fraction of sp³-hybridized carbons (Fsp3) is 0.353. The van der Waals surface area contributed by atoms with E-state index in [1.807, 2.05) is 42.5 Å². The molecule has 1 amide bonds. The lowest BCUT2D eigenvalue weighted by molar-refractivity contribution is -0.113. The Labute approximate surface area is 237 Å². The smallest absolute Gasteiger partial charge is 0.271 e. The number of hydrogen-bond donors (Lipinski definition) is 1. The Morgan fingerprint density at radius 1 is 0.821 bits per heavy atom. The molecule has 1 N–H and O–H groups in total. The van der Waals surface area contributed by atoms with Crippen molar-refractivity contribution in [1.29, 1.82) is 0 Å². The Morgan fingerprint density at radius 2 is 1.31 bits per heavy atom. The molecule has 0 aromatic heterocycles. The number of benzene rings is 3. The first-order valence-corrected chi connectivity index (χ1v) is 14.5. The summed E-state index contributed by atoms with van der Waals surface area (Å²) in [6, 6.07) is 20.3. The third-order valence-electron chi connectivity index (χ3n) is 7.02. The van der Waals surface area contributed by atoms with Gasteiger partial charge in [0.1, 0.15) is 5.75 Å². The fourth-order valence-corrected chi connectivity index (χ4v) is 5.61. The van der Waals surface area contributed by atoms with Crippen LogP contribution in [0.5, 0.6) is 5.75 Å². The predicted octanol–water partition coefficient (Wildman–Crippen LogP) is 8.92. The van der Waals surface area contributed by atoms with Crippen LogP contribution in [0, 0.1) is 0 Å². The molecule has 39 heavy (non-hydrogen) atoms. The average molecular weight is 541 g/mol. The monoisotopic (exact) mass is 540 g/mol. The van der Waals surface area contributed by atoms with Crippen LogP contribution in [0.1, 0.15) is 83.2 Å². The third kappa shape index (κ3) is 6.30. The molecule has 3 aromatic rings. The van der Waals surface area contributed by atoms with Gasteiger partial charge in [0.15, 0.2) is 5.17 Å². The Balaban J connectivity index is 1.83. The summed E-state index contributed by atoms with van der Waals surface area (Å²) < 4.78 is 0. The van der Waals surface area contributed by atoms with E-state index in [-0.39, 0.29) is 16.7 Å². The Kier molecular flexibility index (Phi) is 8.13. The van der Waals surface area contributed by atoms with Gasteiger partial charge in [0, 0.05) is 11.1 Å². The molecule has 1 fully saturated rings. The van der Waals surface area contributed by atoms with Crippen LogP contribution < -0.4 is 4.90 Å². The van der Waals surface area contributed by atoms with Gasteiger partial charge in [-0.2, -0.15) is 0 Å². The average Bonchev–Trinajstić information content (AvgIpc) is 3.18. The van der Waals surface area contributed by atoms with Gasteiger partial charge in [-0.15, -0.1) is 0 Å². The molecule has 0 atom stereocenters. The third-order valence-corrected chi connectivity index (χ3v) is 7.99. The summed E-state index contributed by atoms with van der Waals surface area (Å²) >= 11 is 1.39. The van der Waals surface area contributed by atoms with E-state index in [1.165, 1.54) is 22.9 Å². The predicted molar refractivity (Wildman–Crippen MR) is 167 cm³/mol. The fourth-order valence-electron chi connectivity index (χ4n) is 4.61. The van der Waals surface area contributed by atoms with Crippen molar-refractivity contribution in [3.63, 3.8) is 0 Å². The summed E-state index contributed by atoms with van der Waals surface area (Å²) in [4.78, 5) is 21.1. The van der Waals surface area contributed by atoms with E-state index in [0.29, 0.717) is 15.8 Å². The number of carbonyl (C=O) groups excluding carboxylic acids is 1. The summed E-state index contributed by atoms with van der Waals surface area (Å²) in [5.74, 6) is 0.230. The number of rotatable bonds is 5. The number of thioether (sulfide) groups is 1. The van der Waals surface area contributed by atoms with Gasteiger partial charge in [-0.25, -0.2) is 4.99 Å². The maximum atomic E-state index is 13.9.